The predicted octanol–water partition coefficient (Wildman–Crippen LogP) is 3.70. The van der Waals surface area contributed by atoms with Crippen molar-refractivity contribution in [1.29, 1.82) is 0 Å². The molecule has 1 heterocycles. The zero-order valence-electron chi connectivity index (χ0n) is 11.5. The number of hydrogen-bond donors (Lipinski definition) is 1. The minimum atomic E-state index is -0.470. The zero-order chi connectivity index (χ0) is 15.9. The molecule has 0 saturated heterocycles. The van der Waals surface area contributed by atoms with Gasteiger partial charge in [0.1, 0.15) is 0 Å². The molecule has 116 valence electrons. The van der Waals surface area contributed by atoms with Crippen molar-refractivity contribution >= 4 is 35.1 Å². The van der Waals surface area contributed by atoms with Crippen LogP contribution in [0.3, 0.4) is 0 Å². The molecule has 2 rings (SSSR count). The number of halogens is 2. The van der Waals surface area contributed by atoms with Crippen molar-refractivity contribution in [2.45, 2.75) is 12.8 Å². The van der Waals surface area contributed by atoms with Gasteiger partial charge in [-0.2, -0.15) is 0 Å². The Labute approximate surface area is 137 Å². The fourth-order valence-corrected chi connectivity index (χ4v) is 2.15. The molecule has 0 aliphatic carbocycles. The normalized spacial score (nSPS) is 10.3. The van der Waals surface area contributed by atoms with E-state index in [0.717, 1.165) is 0 Å². The van der Waals surface area contributed by atoms with Crippen LogP contribution in [0.5, 0.6) is 5.75 Å². The number of benzene rings is 1. The maximum Gasteiger partial charge on any atom is 0.311 e. The summed E-state index contributed by atoms with van der Waals surface area (Å²) < 4.78 is 10.1. The number of nitrogens with one attached hydrogen (secondary N) is 1. The van der Waals surface area contributed by atoms with E-state index in [0.29, 0.717) is 13.0 Å². The lowest BCUT2D eigenvalue weighted by Gasteiger charge is -2.08. The van der Waals surface area contributed by atoms with E-state index in [9.17, 15) is 9.59 Å². The number of esters is 1. The van der Waals surface area contributed by atoms with Gasteiger partial charge in [0.2, 0.25) is 0 Å². The molecule has 0 aliphatic rings. The molecule has 2 aromatic rings. The van der Waals surface area contributed by atoms with E-state index in [4.69, 9.17) is 32.4 Å². The van der Waals surface area contributed by atoms with Crippen molar-refractivity contribution in [1.82, 2.24) is 5.32 Å². The minimum absolute atomic E-state index is 0.125. The molecule has 0 fully saturated rings. The van der Waals surface area contributed by atoms with E-state index in [1.807, 2.05) is 0 Å². The summed E-state index contributed by atoms with van der Waals surface area (Å²) in [4.78, 5) is 23.3. The Morgan fingerprint density at radius 3 is 2.50 bits per heavy atom. The largest absolute Gasteiger partial charge is 0.459 e. The summed E-state index contributed by atoms with van der Waals surface area (Å²) in [5.74, 6) is -0.421. The van der Waals surface area contributed by atoms with Gasteiger partial charge in [-0.25, -0.2) is 0 Å². The maximum atomic E-state index is 11.7. The first-order valence-electron chi connectivity index (χ1n) is 6.54. The Morgan fingerprint density at radius 1 is 1.14 bits per heavy atom. The molecule has 0 radical (unpaired) electrons. The van der Waals surface area contributed by atoms with Crippen molar-refractivity contribution in [3.05, 3.63) is 52.4 Å². The quantitative estimate of drug-likeness (QED) is 0.494. The number of carbonyl (C=O) groups is 2. The van der Waals surface area contributed by atoms with Crippen molar-refractivity contribution < 1.29 is 18.7 Å². The Morgan fingerprint density at radius 2 is 1.86 bits per heavy atom. The fraction of sp³-hybridized carbons (Fsp3) is 0.200. The van der Waals surface area contributed by atoms with Crippen LogP contribution in [0.1, 0.15) is 23.4 Å². The second kappa shape index (κ2) is 7.87. The van der Waals surface area contributed by atoms with Crippen LogP contribution < -0.4 is 10.1 Å². The molecule has 1 aromatic carbocycles. The van der Waals surface area contributed by atoms with Gasteiger partial charge in [-0.1, -0.05) is 29.3 Å². The van der Waals surface area contributed by atoms with Gasteiger partial charge in [0.15, 0.2) is 11.5 Å². The number of amides is 1. The third-order valence-electron chi connectivity index (χ3n) is 2.72. The smallest absolute Gasteiger partial charge is 0.311 e. The summed E-state index contributed by atoms with van der Waals surface area (Å²) in [6, 6.07) is 8.01. The van der Waals surface area contributed by atoms with Gasteiger partial charge < -0.3 is 14.5 Å². The van der Waals surface area contributed by atoms with Gasteiger partial charge in [0.25, 0.3) is 5.91 Å². The Balaban J connectivity index is 1.73. The van der Waals surface area contributed by atoms with Crippen molar-refractivity contribution in [3.63, 3.8) is 0 Å². The molecule has 1 N–H and O–H groups in total. The van der Waals surface area contributed by atoms with E-state index in [2.05, 4.69) is 5.32 Å². The summed E-state index contributed by atoms with van der Waals surface area (Å²) in [5, 5.41) is 3.18. The third-order valence-corrected chi connectivity index (χ3v) is 3.32. The average Bonchev–Trinajstić information content (AvgIpc) is 3.02. The number of para-hydroxylation sites is 1. The summed E-state index contributed by atoms with van der Waals surface area (Å²) in [5.41, 5.74) is 0. The number of hydrogen-bond acceptors (Lipinski definition) is 4. The number of furan rings is 1. The van der Waals surface area contributed by atoms with E-state index in [1.54, 1.807) is 30.3 Å². The van der Waals surface area contributed by atoms with Crippen LogP contribution in [0.4, 0.5) is 0 Å². The van der Waals surface area contributed by atoms with Crippen molar-refractivity contribution in [3.8, 4) is 5.75 Å². The van der Waals surface area contributed by atoms with E-state index >= 15 is 0 Å². The molecule has 0 spiro atoms. The molecule has 0 bridgehead atoms. The molecule has 0 atom stereocenters. The van der Waals surface area contributed by atoms with Gasteiger partial charge in [0.05, 0.1) is 16.3 Å². The molecule has 5 nitrogen and oxygen atoms in total. The first-order valence-corrected chi connectivity index (χ1v) is 7.30. The topological polar surface area (TPSA) is 68.5 Å². The third kappa shape index (κ3) is 4.51. The zero-order valence-corrected chi connectivity index (χ0v) is 13.0. The van der Waals surface area contributed by atoms with Gasteiger partial charge in [-0.3, -0.25) is 9.59 Å². The SMILES string of the molecule is O=C(CCCNC(=O)c1ccco1)Oc1c(Cl)cccc1Cl. The number of carbonyl (C=O) groups excluding carboxylic acids is 2. The summed E-state index contributed by atoms with van der Waals surface area (Å²) in [6.45, 7) is 0.324. The second-order valence-electron chi connectivity index (χ2n) is 4.36. The summed E-state index contributed by atoms with van der Waals surface area (Å²) in [6.07, 6.45) is 1.97. The highest BCUT2D eigenvalue weighted by Crippen LogP contribution is 2.32. The molecule has 1 amide bonds. The molecular formula is C15H13Cl2NO4. The lowest BCUT2D eigenvalue weighted by atomic mass is 10.3. The monoisotopic (exact) mass is 341 g/mol. The van der Waals surface area contributed by atoms with Crippen LogP contribution in [0, 0.1) is 0 Å². The summed E-state index contributed by atoms with van der Waals surface area (Å²) in [7, 11) is 0. The number of rotatable bonds is 6. The van der Waals surface area contributed by atoms with Crippen LogP contribution in [0.2, 0.25) is 10.0 Å². The predicted molar refractivity (Wildman–Crippen MR) is 82.4 cm³/mol. The highest BCUT2D eigenvalue weighted by molar-refractivity contribution is 6.37. The Bertz CT molecular complexity index is 635. The molecule has 0 saturated carbocycles. The fourth-order valence-electron chi connectivity index (χ4n) is 1.67. The first kappa shape index (κ1) is 16.4. The Hall–Kier alpha value is -1.98. The highest BCUT2D eigenvalue weighted by atomic mass is 35.5. The molecular weight excluding hydrogens is 329 g/mol. The highest BCUT2D eigenvalue weighted by Gasteiger charge is 2.12. The average molecular weight is 342 g/mol. The van der Waals surface area contributed by atoms with Crippen molar-refractivity contribution in [2.24, 2.45) is 0 Å². The molecule has 7 heteroatoms. The van der Waals surface area contributed by atoms with Gasteiger partial charge in [0, 0.05) is 13.0 Å². The van der Waals surface area contributed by atoms with Gasteiger partial charge >= 0.3 is 5.97 Å². The van der Waals surface area contributed by atoms with Crippen LogP contribution >= 0.6 is 23.2 Å². The van der Waals surface area contributed by atoms with E-state index < -0.39 is 5.97 Å². The van der Waals surface area contributed by atoms with Crippen LogP contribution in [0.15, 0.2) is 41.0 Å². The summed E-state index contributed by atoms with van der Waals surface area (Å²) >= 11 is 11.8. The minimum Gasteiger partial charge on any atom is -0.459 e. The standard InChI is InChI=1S/C15H13Cl2NO4/c16-10-4-1-5-11(17)14(10)22-13(19)7-2-8-18-15(20)12-6-3-9-21-12/h1,3-6,9H,2,7-8H2,(H,18,20). The lowest BCUT2D eigenvalue weighted by Crippen LogP contribution is -2.24. The second-order valence-corrected chi connectivity index (χ2v) is 5.18. The van der Waals surface area contributed by atoms with E-state index in [1.165, 1.54) is 6.26 Å². The van der Waals surface area contributed by atoms with Gasteiger partial charge in [-0.15, -0.1) is 0 Å². The molecule has 0 aliphatic heterocycles. The maximum absolute atomic E-state index is 11.7. The molecule has 22 heavy (non-hydrogen) atoms. The van der Waals surface area contributed by atoms with Crippen LogP contribution in [-0.2, 0) is 4.79 Å². The van der Waals surface area contributed by atoms with Crippen molar-refractivity contribution in [2.75, 3.05) is 6.54 Å². The van der Waals surface area contributed by atoms with Crippen LogP contribution in [0.25, 0.3) is 0 Å². The molecule has 1 aromatic heterocycles. The first-order chi connectivity index (χ1) is 10.6. The molecule has 0 unspecified atom stereocenters. The van der Waals surface area contributed by atoms with E-state index in [-0.39, 0.29) is 33.9 Å². The van der Waals surface area contributed by atoms with Crippen LogP contribution in [-0.4, -0.2) is 18.4 Å². The Kier molecular flexibility index (Phi) is 5.86. The lowest BCUT2D eigenvalue weighted by molar-refractivity contribution is -0.134. The number of ether oxygens (including phenoxy) is 1. The van der Waals surface area contributed by atoms with Gasteiger partial charge in [-0.05, 0) is 30.7 Å².